The van der Waals surface area contributed by atoms with E-state index in [1.807, 2.05) is 38.1 Å². The predicted molar refractivity (Wildman–Crippen MR) is 70.0 cm³/mol. The van der Waals surface area contributed by atoms with Crippen LogP contribution < -0.4 is 5.32 Å². The van der Waals surface area contributed by atoms with Gasteiger partial charge in [0.15, 0.2) is 0 Å². The molecule has 0 saturated carbocycles. The maximum absolute atomic E-state index is 8.71. The number of rotatable bonds is 3. The van der Waals surface area contributed by atoms with Crippen molar-refractivity contribution in [3.05, 3.63) is 53.0 Å². The lowest BCUT2D eigenvalue weighted by atomic mass is 10.1. The van der Waals surface area contributed by atoms with Crippen molar-refractivity contribution >= 4 is 5.82 Å². The number of hydrogen-bond donors (Lipinski definition) is 1. The Hall–Kier alpha value is -2.41. The van der Waals surface area contributed by atoms with Crippen LogP contribution in [0.5, 0.6) is 0 Å². The molecule has 0 amide bonds. The van der Waals surface area contributed by atoms with Crippen molar-refractivity contribution in [3.8, 4) is 6.07 Å². The van der Waals surface area contributed by atoms with Crippen LogP contribution in [0.3, 0.4) is 0 Å². The molecule has 0 saturated heterocycles. The summed E-state index contributed by atoms with van der Waals surface area (Å²) in [7, 11) is 0. The quantitative estimate of drug-likeness (QED) is 0.892. The van der Waals surface area contributed by atoms with Gasteiger partial charge in [-0.05, 0) is 31.5 Å². The van der Waals surface area contributed by atoms with Crippen molar-refractivity contribution in [3.63, 3.8) is 0 Å². The molecule has 18 heavy (non-hydrogen) atoms. The molecule has 0 aliphatic heterocycles. The zero-order chi connectivity index (χ0) is 13.0. The smallest absolute Gasteiger partial charge is 0.145 e. The Morgan fingerprint density at radius 1 is 1.17 bits per heavy atom. The third kappa shape index (κ3) is 2.83. The van der Waals surface area contributed by atoms with E-state index in [2.05, 4.69) is 21.4 Å². The van der Waals surface area contributed by atoms with E-state index in [0.717, 1.165) is 22.8 Å². The van der Waals surface area contributed by atoms with Crippen molar-refractivity contribution < 1.29 is 0 Å². The largest absolute Gasteiger partial charge is 0.365 e. The number of hydrogen-bond acceptors (Lipinski definition) is 4. The van der Waals surface area contributed by atoms with Crippen molar-refractivity contribution in [2.24, 2.45) is 0 Å². The van der Waals surface area contributed by atoms with E-state index in [9.17, 15) is 0 Å². The lowest BCUT2D eigenvalue weighted by Gasteiger charge is -2.07. The molecule has 0 unspecified atom stereocenters. The normalized spacial score (nSPS) is 9.83. The zero-order valence-electron chi connectivity index (χ0n) is 10.4. The maximum Gasteiger partial charge on any atom is 0.145 e. The van der Waals surface area contributed by atoms with Crippen LogP contribution >= 0.6 is 0 Å². The third-order valence-electron chi connectivity index (χ3n) is 2.75. The van der Waals surface area contributed by atoms with Gasteiger partial charge in [-0.3, -0.25) is 4.98 Å². The highest BCUT2D eigenvalue weighted by atomic mass is 15.0. The van der Waals surface area contributed by atoms with E-state index in [4.69, 9.17) is 5.26 Å². The van der Waals surface area contributed by atoms with Crippen molar-refractivity contribution in [2.75, 3.05) is 5.32 Å². The summed E-state index contributed by atoms with van der Waals surface area (Å²) in [6.07, 6.45) is 1.73. The summed E-state index contributed by atoms with van der Waals surface area (Å²) >= 11 is 0. The lowest BCUT2D eigenvalue weighted by molar-refractivity contribution is 1.02. The third-order valence-corrected chi connectivity index (χ3v) is 2.75. The molecule has 0 fully saturated rings. The molecule has 1 aromatic heterocycles. The van der Waals surface area contributed by atoms with E-state index in [1.165, 1.54) is 0 Å². The number of nitriles is 1. The molecule has 0 bridgehead atoms. The SMILES string of the molecule is Cc1ncc(NCc2ccc(C#N)cc2)nc1C. The molecule has 4 heteroatoms. The monoisotopic (exact) mass is 238 g/mol. The predicted octanol–water partition coefficient (Wildman–Crippen LogP) is 2.58. The minimum Gasteiger partial charge on any atom is -0.365 e. The summed E-state index contributed by atoms with van der Waals surface area (Å²) in [4.78, 5) is 8.65. The lowest BCUT2D eigenvalue weighted by Crippen LogP contribution is -2.03. The Kier molecular flexibility index (Phi) is 3.54. The molecule has 2 aromatic rings. The standard InChI is InChI=1S/C14H14N4/c1-10-11(2)18-14(9-16-10)17-8-13-5-3-12(7-15)4-6-13/h3-6,9H,8H2,1-2H3,(H,17,18). The van der Waals surface area contributed by atoms with Crippen molar-refractivity contribution in [1.29, 1.82) is 5.26 Å². The number of nitrogens with one attached hydrogen (secondary N) is 1. The summed E-state index contributed by atoms with van der Waals surface area (Å²) in [5, 5.41) is 11.9. The number of benzene rings is 1. The fraction of sp³-hybridized carbons (Fsp3) is 0.214. The first-order valence-electron chi connectivity index (χ1n) is 5.72. The minimum atomic E-state index is 0.670. The average molecular weight is 238 g/mol. The Labute approximate surface area is 106 Å². The average Bonchev–Trinajstić information content (AvgIpc) is 2.41. The Balaban J connectivity index is 2.02. The molecule has 0 aliphatic carbocycles. The van der Waals surface area contributed by atoms with Gasteiger partial charge >= 0.3 is 0 Å². The van der Waals surface area contributed by atoms with E-state index in [1.54, 1.807) is 6.20 Å². The fourth-order valence-corrected chi connectivity index (χ4v) is 1.52. The molecule has 1 aromatic carbocycles. The summed E-state index contributed by atoms with van der Waals surface area (Å²) < 4.78 is 0. The highest BCUT2D eigenvalue weighted by molar-refractivity contribution is 5.37. The first-order chi connectivity index (χ1) is 8.69. The first kappa shape index (κ1) is 12.1. The zero-order valence-corrected chi connectivity index (χ0v) is 10.4. The number of aryl methyl sites for hydroxylation is 2. The Bertz CT molecular complexity index is 582. The van der Waals surface area contributed by atoms with Crippen molar-refractivity contribution in [1.82, 2.24) is 9.97 Å². The molecule has 4 nitrogen and oxygen atoms in total. The summed E-state index contributed by atoms with van der Waals surface area (Å²) in [6.45, 7) is 4.55. The molecule has 0 radical (unpaired) electrons. The van der Waals surface area contributed by atoms with E-state index in [0.29, 0.717) is 12.1 Å². The van der Waals surface area contributed by atoms with Gasteiger partial charge in [-0.2, -0.15) is 5.26 Å². The Morgan fingerprint density at radius 2 is 1.89 bits per heavy atom. The van der Waals surface area contributed by atoms with Gasteiger partial charge in [0.25, 0.3) is 0 Å². The molecule has 0 aliphatic rings. The molecular weight excluding hydrogens is 224 g/mol. The molecule has 90 valence electrons. The van der Waals surface area contributed by atoms with Crippen molar-refractivity contribution in [2.45, 2.75) is 20.4 Å². The second-order valence-electron chi connectivity index (χ2n) is 4.09. The second-order valence-corrected chi connectivity index (χ2v) is 4.09. The van der Waals surface area contributed by atoms with Crippen LogP contribution in [0.2, 0.25) is 0 Å². The number of aromatic nitrogens is 2. The Morgan fingerprint density at radius 3 is 2.50 bits per heavy atom. The van der Waals surface area contributed by atoms with Gasteiger partial charge in [0.2, 0.25) is 0 Å². The molecule has 1 heterocycles. The minimum absolute atomic E-state index is 0.670. The second kappa shape index (κ2) is 5.28. The molecule has 0 spiro atoms. The van der Waals surface area contributed by atoms with Crippen LogP contribution in [0.4, 0.5) is 5.82 Å². The van der Waals surface area contributed by atoms with Crippen LogP contribution in [0.15, 0.2) is 30.5 Å². The summed E-state index contributed by atoms with van der Waals surface area (Å²) in [5.74, 6) is 0.766. The van der Waals surface area contributed by atoms with Gasteiger partial charge < -0.3 is 5.32 Å². The highest BCUT2D eigenvalue weighted by Gasteiger charge is 1.99. The number of nitrogens with zero attached hydrogens (tertiary/aromatic N) is 3. The van der Waals surface area contributed by atoms with Gasteiger partial charge in [-0.25, -0.2) is 4.98 Å². The topological polar surface area (TPSA) is 61.6 Å². The molecule has 2 rings (SSSR count). The molecular formula is C14H14N4. The van der Waals surface area contributed by atoms with Crippen LogP contribution in [0.25, 0.3) is 0 Å². The first-order valence-corrected chi connectivity index (χ1v) is 5.72. The van der Waals surface area contributed by atoms with Crippen LogP contribution in [0.1, 0.15) is 22.5 Å². The molecule has 0 atom stereocenters. The van der Waals surface area contributed by atoms with Crippen LogP contribution in [-0.4, -0.2) is 9.97 Å². The van der Waals surface area contributed by atoms with Gasteiger partial charge in [0.1, 0.15) is 5.82 Å². The highest BCUT2D eigenvalue weighted by Crippen LogP contribution is 2.09. The maximum atomic E-state index is 8.71. The molecule has 1 N–H and O–H groups in total. The van der Waals surface area contributed by atoms with Gasteiger partial charge in [0, 0.05) is 6.54 Å². The van der Waals surface area contributed by atoms with Crippen LogP contribution in [-0.2, 0) is 6.54 Å². The van der Waals surface area contributed by atoms with Gasteiger partial charge in [0.05, 0.1) is 29.2 Å². The van der Waals surface area contributed by atoms with E-state index in [-0.39, 0.29) is 0 Å². The van der Waals surface area contributed by atoms with E-state index >= 15 is 0 Å². The summed E-state index contributed by atoms with van der Waals surface area (Å²) in [6, 6.07) is 9.58. The fourth-order valence-electron chi connectivity index (χ4n) is 1.52. The van der Waals surface area contributed by atoms with Gasteiger partial charge in [-0.15, -0.1) is 0 Å². The number of anilines is 1. The summed E-state index contributed by atoms with van der Waals surface area (Å²) in [5.41, 5.74) is 3.65. The van der Waals surface area contributed by atoms with Gasteiger partial charge in [-0.1, -0.05) is 12.1 Å². The van der Waals surface area contributed by atoms with E-state index < -0.39 is 0 Å². The van der Waals surface area contributed by atoms with Crippen LogP contribution in [0, 0.1) is 25.2 Å².